The number of hydrogen-bond donors (Lipinski definition) is 0. The molecule has 1 aliphatic rings. The number of para-hydroxylation sites is 1. The van der Waals surface area contributed by atoms with Gasteiger partial charge in [-0.15, -0.1) is 0 Å². The Morgan fingerprint density at radius 1 is 1.02 bits per heavy atom. The third-order valence-corrected chi connectivity index (χ3v) is 7.37. The van der Waals surface area contributed by atoms with Crippen molar-refractivity contribution in [1.29, 1.82) is 0 Å². The lowest BCUT2D eigenvalue weighted by Gasteiger charge is -2.32. The van der Waals surface area contributed by atoms with Crippen LogP contribution in [-0.4, -0.2) is 45.4 Å². The van der Waals surface area contributed by atoms with E-state index < -0.39 is 11.7 Å². The molecule has 7 nitrogen and oxygen atoms in total. The highest BCUT2D eigenvalue weighted by atomic mass is 35.5. The van der Waals surface area contributed by atoms with Gasteiger partial charge in [0, 0.05) is 22.8 Å². The van der Waals surface area contributed by atoms with Crippen molar-refractivity contribution in [3.05, 3.63) is 111 Å². The van der Waals surface area contributed by atoms with Crippen LogP contribution in [0.15, 0.2) is 72.8 Å². The number of carbonyl (C=O) groups is 2. The molecule has 2 amide bonds. The summed E-state index contributed by atoms with van der Waals surface area (Å²) in [5, 5.41) is 5.63. The van der Waals surface area contributed by atoms with Gasteiger partial charge in [0.05, 0.1) is 29.5 Å². The van der Waals surface area contributed by atoms with E-state index >= 15 is 0 Å². The zero-order valence-electron chi connectivity index (χ0n) is 24.3. The van der Waals surface area contributed by atoms with Crippen molar-refractivity contribution in [3.63, 3.8) is 0 Å². The lowest BCUT2D eigenvalue weighted by atomic mass is 9.97. The van der Waals surface area contributed by atoms with Gasteiger partial charge < -0.3 is 9.64 Å². The Balaban J connectivity index is 1.74. The smallest absolute Gasteiger partial charge is 0.410 e. The third kappa shape index (κ3) is 6.60. The average molecular weight is 622 g/mol. The maximum atomic E-state index is 14.2. The molecular weight excluding hydrogens is 590 g/mol. The standard InChI is InChI=1S/C33H31Cl2FN4O3/c1-5-39(25-9-7-6-8-10-25)31(41)29-26-20-38(32(42)43-33(2,3)4)19-22(17-21-11-14-24(36)15-12-21)30(26)40(37-29)28-16-13-23(34)18-27(28)35/h6-18H,5,19-20H2,1-4H3. The summed E-state index contributed by atoms with van der Waals surface area (Å²) in [6.45, 7) is 7.89. The first-order valence-electron chi connectivity index (χ1n) is 13.8. The summed E-state index contributed by atoms with van der Waals surface area (Å²) in [6.07, 6.45) is 1.31. The Bertz CT molecular complexity index is 1700. The molecule has 4 aromatic rings. The van der Waals surface area contributed by atoms with Crippen molar-refractivity contribution in [3.8, 4) is 5.69 Å². The molecule has 0 saturated heterocycles. The molecule has 10 heteroatoms. The van der Waals surface area contributed by atoms with Gasteiger partial charge in [-0.2, -0.15) is 5.10 Å². The molecule has 5 rings (SSSR count). The van der Waals surface area contributed by atoms with Crippen LogP contribution < -0.4 is 4.90 Å². The van der Waals surface area contributed by atoms with Crippen LogP contribution in [0.2, 0.25) is 10.0 Å². The zero-order chi connectivity index (χ0) is 30.9. The van der Waals surface area contributed by atoms with E-state index in [-0.39, 0.29) is 30.5 Å². The van der Waals surface area contributed by atoms with Crippen molar-refractivity contribution in [2.24, 2.45) is 0 Å². The minimum absolute atomic E-state index is 0.0730. The molecule has 222 valence electrons. The first-order chi connectivity index (χ1) is 20.4. The van der Waals surface area contributed by atoms with Gasteiger partial charge in [-0.25, -0.2) is 13.9 Å². The molecule has 0 spiro atoms. The quantitative estimate of drug-likeness (QED) is 0.225. The molecule has 1 aromatic heterocycles. The van der Waals surface area contributed by atoms with Crippen LogP contribution in [0.3, 0.4) is 0 Å². The van der Waals surface area contributed by atoms with Crippen LogP contribution in [0, 0.1) is 5.82 Å². The Hall–Kier alpha value is -4.14. The number of fused-ring (bicyclic) bond motifs is 1. The second-order valence-electron chi connectivity index (χ2n) is 11.1. The highest BCUT2D eigenvalue weighted by molar-refractivity contribution is 6.35. The summed E-state index contributed by atoms with van der Waals surface area (Å²) in [5.74, 6) is -0.700. The first kappa shape index (κ1) is 30.3. The molecule has 0 unspecified atom stereocenters. The van der Waals surface area contributed by atoms with Gasteiger partial charge in [0.25, 0.3) is 5.91 Å². The second kappa shape index (κ2) is 12.2. The molecule has 3 aromatic carbocycles. The van der Waals surface area contributed by atoms with E-state index in [9.17, 15) is 14.0 Å². The summed E-state index contributed by atoms with van der Waals surface area (Å²) in [7, 11) is 0. The largest absolute Gasteiger partial charge is 0.444 e. The van der Waals surface area contributed by atoms with Crippen LogP contribution in [0.4, 0.5) is 14.9 Å². The van der Waals surface area contributed by atoms with E-state index in [1.165, 1.54) is 17.0 Å². The minimum atomic E-state index is -0.732. The summed E-state index contributed by atoms with van der Waals surface area (Å²) in [6, 6.07) is 20.4. The van der Waals surface area contributed by atoms with Crippen LogP contribution in [0.5, 0.6) is 0 Å². The predicted molar refractivity (Wildman–Crippen MR) is 168 cm³/mol. The lowest BCUT2D eigenvalue weighted by Crippen LogP contribution is -2.40. The number of halogens is 3. The molecule has 0 saturated carbocycles. The fourth-order valence-electron chi connectivity index (χ4n) is 4.97. The maximum absolute atomic E-state index is 14.2. The lowest BCUT2D eigenvalue weighted by molar-refractivity contribution is 0.0254. The van der Waals surface area contributed by atoms with E-state index in [4.69, 9.17) is 33.0 Å². The van der Waals surface area contributed by atoms with E-state index in [2.05, 4.69) is 0 Å². The molecule has 0 fully saturated rings. The number of nitrogens with zero attached hydrogens (tertiary/aromatic N) is 4. The van der Waals surface area contributed by atoms with Gasteiger partial charge in [0.15, 0.2) is 5.69 Å². The normalized spacial score (nSPS) is 14.0. The van der Waals surface area contributed by atoms with Gasteiger partial charge in [-0.3, -0.25) is 9.69 Å². The van der Waals surface area contributed by atoms with Gasteiger partial charge in [-0.1, -0.05) is 53.5 Å². The van der Waals surface area contributed by atoms with Crippen LogP contribution in [-0.2, 0) is 11.3 Å². The minimum Gasteiger partial charge on any atom is -0.444 e. The second-order valence-corrected chi connectivity index (χ2v) is 12.0. The van der Waals surface area contributed by atoms with Crippen molar-refractivity contribution in [2.45, 2.75) is 39.8 Å². The van der Waals surface area contributed by atoms with Gasteiger partial charge in [0.1, 0.15) is 11.4 Å². The summed E-state index contributed by atoms with van der Waals surface area (Å²) in [4.78, 5) is 30.8. The number of anilines is 1. The van der Waals surface area contributed by atoms with Gasteiger partial charge in [-0.05, 0) is 87.4 Å². The highest BCUT2D eigenvalue weighted by Crippen LogP contribution is 2.37. The molecule has 43 heavy (non-hydrogen) atoms. The molecule has 0 radical (unpaired) electrons. The molecule has 0 N–H and O–H groups in total. The number of rotatable bonds is 5. The number of benzene rings is 3. The Kier molecular flexibility index (Phi) is 8.62. The zero-order valence-corrected chi connectivity index (χ0v) is 25.8. The average Bonchev–Trinajstić information content (AvgIpc) is 3.34. The SMILES string of the molecule is CCN(C(=O)c1nn(-c2ccc(Cl)cc2Cl)c2c1CN(C(=O)OC(C)(C)C)CC2=Cc1ccc(F)cc1)c1ccccc1. The van der Waals surface area contributed by atoms with E-state index in [1.807, 2.05) is 43.3 Å². The number of ether oxygens (including phenoxy) is 1. The summed E-state index contributed by atoms with van der Waals surface area (Å²) >= 11 is 12.9. The fourth-order valence-corrected chi connectivity index (χ4v) is 5.45. The topological polar surface area (TPSA) is 67.7 Å². The molecule has 0 atom stereocenters. The fraction of sp³-hybridized carbons (Fsp3) is 0.242. The molecular formula is C33H31Cl2FN4O3. The van der Waals surface area contributed by atoms with Crippen molar-refractivity contribution < 1.29 is 18.7 Å². The van der Waals surface area contributed by atoms with Crippen LogP contribution in [0.1, 0.15) is 55.0 Å². The van der Waals surface area contributed by atoms with Crippen molar-refractivity contribution in [2.75, 3.05) is 18.0 Å². The van der Waals surface area contributed by atoms with Crippen LogP contribution in [0.25, 0.3) is 17.3 Å². The molecule has 0 aliphatic carbocycles. The van der Waals surface area contributed by atoms with E-state index in [0.717, 1.165) is 0 Å². The summed E-state index contributed by atoms with van der Waals surface area (Å²) in [5.41, 5.74) is 3.19. The number of hydrogen-bond acceptors (Lipinski definition) is 4. The first-order valence-corrected chi connectivity index (χ1v) is 14.6. The van der Waals surface area contributed by atoms with Gasteiger partial charge >= 0.3 is 6.09 Å². The van der Waals surface area contributed by atoms with Gasteiger partial charge in [0.2, 0.25) is 0 Å². The molecule has 1 aliphatic heterocycles. The maximum Gasteiger partial charge on any atom is 0.410 e. The van der Waals surface area contributed by atoms with Crippen LogP contribution >= 0.6 is 23.2 Å². The molecule has 2 heterocycles. The van der Waals surface area contributed by atoms with Crippen molar-refractivity contribution in [1.82, 2.24) is 14.7 Å². The van der Waals surface area contributed by atoms with Crippen molar-refractivity contribution >= 4 is 52.5 Å². The Labute approximate surface area is 260 Å². The number of amides is 2. The third-order valence-electron chi connectivity index (χ3n) is 6.83. The number of carbonyl (C=O) groups excluding carboxylic acids is 2. The summed E-state index contributed by atoms with van der Waals surface area (Å²) < 4.78 is 21.1. The van der Waals surface area contributed by atoms with E-state index in [1.54, 1.807) is 60.7 Å². The number of aromatic nitrogens is 2. The van der Waals surface area contributed by atoms with E-state index in [0.29, 0.717) is 50.4 Å². The Morgan fingerprint density at radius 2 is 1.72 bits per heavy atom. The predicted octanol–water partition coefficient (Wildman–Crippen LogP) is 8.28. The monoisotopic (exact) mass is 620 g/mol. The highest BCUT2D eigenvalue weighted by Gasteiger charge is 2.36. The Morgan fingerprint density at radius 3 is 2.35 bits per heavy atom. The molecule has 0 bridgehead atoms.